The monoisotopic (exact) mass is 431 g/mol. The van der Waals surface area contributed by atoms with Crippen molar-refractivity contribution in [3.8, 4) is 11.5 Å². The zero-order chi connectivity index (χ0) is 21.0. The first-order valence-corrected chi connectivity index (χ1v) is 10.3. The lowest BCUT2D eigenvalue weighted by Crippen LogP contribution is -2.26. The standard InChI is InChI=1S/C21H18ClNO5S/c1-23(15-8-4-3-5-9-15)29(25,26)16-12-13-18(22)17(14-16)21(24)28-20-11-7-6-10-19(20)27-2/h3-14H,1-2H3. The Bertz CT molecular complexity index is 1130. The van der Waals surface area contributed by atoms with Crippen LogP contribution in [0, 0.1) is 0 Å². The second kappa shape index (κ2) is 8.55. The van der Waals surface area contributed by atoms with E-state index in [2.05, 4.69) is 0 Å². The highest BCUT2D eigenvalue weighted by Gasteiger charge is 2.24. The van der Waals surface area contributed by atoms with Gasteiger partial charge in [-0.3, -0.25) is 4.31 Å². The van der Waals surface area contributed by atoms with Crippen LogP contribution in [-0.4, -0.2) is 28.5 Å². The summed E-state index contributed by atoms with van der Waals surface area (Å²) in [6, 6.07) is 19.1. The van der Waals surface area contributed by atoms with Crippen molar-refractivity contribution in [2.24, 2.45) is 0 Å². The molecule has 0 saturated carbocycles. The molecule has 0 radical (unpaired) electrons. The van der Waals surface area contributed by atoms with Crippen molar-refractivity contribution in [2.75, 3.05) is 18.5 Å². The van der Waals surface area contributed by atoms with E-state index in [1.165, 1.54) is 32.4 Å². The molecule has 8 heteroatoms. The molecule has 0 fully saturated rings. The summed E-state index contributed by atoms with van der Waals surface area (Å²) in [4.78, 5) is 12.6. The van der Waals surface area contributed by atoms with Crippen LogP contribution in [0.1, 0.15) is 10.4 Å². The predicted octanol–water partition coefficient (Wildman–Crippen LogP) is 4.39. The molecule has 3 rings (SSSR count). The number of esters is 1. The maximum Gasteiger partial charge on any atom is 0.345 e. The fourth-order valence-electron chi connectivity index (χ4n) is 2.61. The molecule has 0 atom stereocenters. The van der Waals surface area contributed by atoms with Crippen LogP contribution in [0.5, 0.6) is 11.5 Å². The smallest absolute Gasteiger partial charge is 0.345 e. The van der Waals surface area contributed by atoms with Crippen LogP contribution < -0.4 is 13.8 Å². The molecule has 0 heterocycles. The average molecular weight is 432 g/mol. The van der Waals surface area contributed by atoms with Crippen LogP contribution in [0.3, 0.4) is 0 Å². The molecular weight excluding hydrogens is 414 g/mol. The number of para-hydroxylation sites is 3. The van der Waals surface area contributed by atoms with Gasteiger partial charge in [-0.2, -0.15) is 0 Å². The lowest BCUT2D eigenvalue weighted by Gasteiger charge is -2.20. The molecule has 0 aliphatic heterocycles. The van der Waals surface area contributed by atoms with Crippen molar-refractivity contribution < 1.29 is 22.7 Å². The first-order valence-electron chi connectivity index (χ1n) is 8.53. The number of hydrogen-bond donors (Lipinski definition) is 0. The highest BCUT2D eigenvalue weighted by molar-refractivity contribution is 7.92. The normalized spacial score (nSPS) is 11.0. The van der Waals surface area contributed by atoms with Gasteiger partial charge in [-0.25, -0.2) is 13.2 Å². The topological polar surface area (TPSA) is 72.9 Å². The average Bonchev–Trinajstić information content (AvgIpc) is 2.74. The Kier molecular flexibility index (Phi) is 6.10. The number of halogens is 1. The second-order valence-corrected chi connectivity index (χ2v) is 8.37. The lowest BCUT2D eigenvalue weighted by molar-refractivity contribution is 0.0729. The predicted molar refractivity (Wildman–Crippen MR) is 111 cm³/mol. The minimum absolute atomic E-state index is 0.0693. The van der Waals surface area contributed by atoms with Crippen molar-refractivity contribution in [1.82, 2.24) is 0 Å². The van der Waals surface area contributed by atoms with Crippen molar-refractivity contribution >= 4 is 33.3 Å². The molecule has 0 amide bonds. The number of hydrogen-bond acceptors (Lipinski definition) is 5. The molecule has 0 N–H and O–H groups in total. The number of methoxy groups -OCH3 is 1. The van der Waals surface area contributed by atoms with Gasteiger partial charge < -0.3 is 9.47 Å². The number of ether oxygens (including phenoxy) is 2. The fraction of sp³-hybridized carbons (Fsp3) is 0.0952. The van der Waals surface area contributed by atoms with E-state index in [0.717, 1.165) is 4.31 Å². The molecule has 0 aliphatic rings. The number of benzene rings is 3. The summed E-state index contributed by atoms with van der Waals surface area (Å²) >= 11 is 6.14. The number of sulfonamides is 1. The largest absolute Gasteiger partial charge is 0.493 e. The van der Waals surface area contributed by atoms with Crippen molar-refractivity contribution in [2.45, 2.75) is 4.90 Å². The van der Waals surface area contributed by atoms with Gasteiger partial charge in [0.25, 0.3) is 10.0 Å². The van der Waals surface area contributed by atoms with E-state index < -0.39 is 16.0 Å². The van der Waals surface area contributed by atoms with Gasteiger partial charge in [0.2, 0.25) is 0 Å². The third kappa shape index (κ3) is 4.36. The minimum Gasteiger partial charge on any atom is -0.493 e. The van der Waals surface area contributed by atoms with E-state index in [9.17, 15) is 13.2 Å². The van der Waals surface area contributed by atoms with E-state index in [4.69, 9.17) is 21.1 Å². The van der Waals surface area contributed by atoms with E-state index in [-0.39, 0.29) is 21.2 Å². The Hall–Kier alpha value is -3.03. The molecule has 0 spiro atoms. The van der Waals surface area contributed by atoms with E-state index in [1.807, 2.05) is 0 Å². The number of nitrogens with zero attached hydrogens (tertiary/aromatic N) is 1. The molecule has 3 aromatic carbocycles. The Balaban J connectivity index is 1.94. The molecule has 0 aliphatic carbocycles. The quantitative estimate of drug-likeness (QED) is 0.427. The summed E-state index contributed by atoms with van der Waals surface area (Å²) in [5.41, 5.74) is 0.417. The maximum atomic E-state index is 13.0. The second-order valence-electron chi connectivity index (χ2n) is 5.99. The fourth-order valence-corrected chi connectivity index (χ4v) is 4.03. The summed E-state index contributed by atoms with van der Waals surface area (Å²) in [5.74, 6) is -0.228. The van der Waals surface area contributed by atoms with Gasteiger partial charge in [0, 0.05) is 7.05 Å². The summed E-state index contributed by atoms with van der Waals surface area (Å²) in [5, 5.41) is 0.0752. The highest BCUT2D eigenvalue weighted by Crippen LogP contribution is 2.29. The van der Waals surface area contributed by atoms with Gasteiger partial charge in [0.15, 0.2) is 11.5 Å². The number of rotatable bonds is 6. The Morgan fingerprint density at radius 1 is 0.931 bits per heavy atom. The SMILES string of the molecule is COc1ccccc1OC(=O)c1cc(S(=O)(=O)N(C)c2ccccc2)ccc1Cl. The minimum atomic E-state index is -3.91. The number of anilines is 1. The molecule has 3 aromatic rings. The summed E-state index contributed by atoms with van der Waals surface area (Å²) in [7, 11) is -1.02. The number of carbonyl (C=O) groups is 1. The summed E-state index contributed by atoms with van der Waals surface area (Å²) in [6.07, 6.45) is 0. The van der Waals surface area contributed by atoms with Crippen LogP contribution in [0.4, 0.5) is 5.69 Å². The first kappa shape index (κ1) is 20.7. The Morgan fingerprint density at radius 2 is 1.55 bits per heavy atom. The highest BCUT2D eigenvalue weighted by atomic mass is 35.5. The molecule has 150 valence electrons. The third-order valence-corrected chi connectivity index (χ3v) is 6.32. The third-order valence-electron chi connectivity index (χ3n) is 4.21. The van der Waals surface area contributed by atoms with Crippen LogP contribution in [0.15, 0.2) is 77.7 Å². The maximum absolute atomic E-state index is 13.0. The van der Waals surface area contributed by atoms with E-state index >= 15 is 0 Å². The molecular formula is C21H18ClNO5S. The van der Waals surface area contributed by atoms with Crippen molar-refractivity contribution in [3.05, 3.63) is 83.4 Å². The Labute approximate surface area is 174 Å². The molecule has 0 saturated heterocycles. The van der Waals surface area contributed by atoms with Gasteiger partial charge in [-0.15, -0.1) is 0 Å². The van der Waals surface area contributed by atoms with Crippen LogP contribution in [-0.2, 0) is 10.0 Å². The summed E-state index contributed by atoms with van der Waals surface area (Å²) in [6.45, 7) is 0. The van der Waals surface area contributed by atoms with Gasteiger partial charge in [-0.1, -0.05) is 41.9 Å². The number of carbonyl (C=O) groups excluding carboxylic acids is 1. The van der Waals surface area contributed by atoms with Crippen molar-refractivity contribution in [1.29, 1.82) is 0 Å². The van der Waals surface area contributed by atoms with Crippen LogP contribution >= 0.6 is 11.6 Å². The van der Waals surface area contributed by atoms with Gasteiger partial charge in [0.1, 0.15) is 0 Å². The molecule has 29 heavy (non-hydrogen) atoms. The molecule has 0 bridgehead atoms. The molecule has 0 unspecified atom stereocenters. The van der Waals surface area contributed by atoms with Gasteiger partial charge in [-0.05, 0) is 42.5 Å². The van der Waals surface area contributed by atoms with E-state index in [0.29, 0.717) is 11.4 Å². The lowest BCUT2D eigenvalue weighted by atomic mass is 10.2. The Morgan fingerprint density at radius 3 is 2.21 bits per heavy atom. The van der Waals surface area contributed by atoms with Crippen molar-refractivity contribution in [3.63, 3.8) is 0 Å². The molecule has 6 nitrogen and oxygen atoms in total. The zero-order valence-electron chi connectivity index (χ0n) is 15.7. The zero-order valence-corrected chi connectivity index (χ0v) is 17.3. The summed E-state index contributed by atoms with van der Waals surface area (Å²) < 4.78 is 37.6. The van der Waals surface area contributed by atoms with Gasteiger partial charge in [0.05, 0.1) is 28.3 Å². The van der Waals surface area contributed by atoms with E-state index in [1.54, 1.807) is 54.6 Å². The van der Waals surface area contributed by atoms with Crippen LogP contribution in [0.2, 0.25) is 5.02 Å². The van der Waals surface area contributed by atoms with Crippen LogP contribution in [0.25, 0.3) is 0 Å². The van der Waals surface area contributed by atoms with Gasteiger partial charge >= 0.3 is 5.97 Å². The first-order chi connectivity index (χ1) is 13.8. The molecule has 0 aromatic heterocycles.